The highest BCUT2D eigenvalue weighted by Crippen LogP contribution is 2.19. The zero-order valence-corrected chi connectivity index (χ0v) is 13.0. The lowest BCUT2D eigenvalue weighted by Crippen LogP contribution is -2.34. The van der Waals surface area contributed by atoms with Gasteiger partial charge in [-0.1, -0.05) is 20.8 Å². The molecule has 108 valence electrons. The molecule has 0 aromatic heterocycles. The minimum Gasteiger partial charge on any atom is -0.316 e. The Morgan fingerprint density at radius 3 is 2.67 bits per heavy atom. The van der Waals surface area contributed by atoms with E-state index in [1.165, 1.54) is 51.7 Å². The smallest absolute Gasteiger partial charge is 0.00674 e. The zero-order valence-electron chi connectivity index (χ0n) is 13.0. The highest BCUT2D eigenvalue weighted by Gasteiger charge is 2.17. The first-order valence-corrected chi connectivity index (χ1v) is 8.04. The van der Waals surface area contributed by atoms with Crippen molar-refractivity contribution < 1.29 is 0 Å². The van der Waals surface area contributed by atoms with Crippen LogP contribution in [-0.4, -0.2) is 37.1 Å². The first-order chi connectivity index (χ1) is 8.59. The summed E-state index contributed by atoms with van der Waals surface area (Å²) in [5, 5.41) is 3.54. The third kappa shape index (κ3) is 6.75. The van der Waals surface area contributed by atoms with Crippen molar-refractivity contribution in [2.24, 2.45) is 11.8 Å². The lowest BCUT2D eigenvalue weighted by atomic mass is 10.0. The number of nitrogens with one attached hydrogen (secondary N) is 1. The van der Waals surface area contributed by atoms with Crippen molar-refractivity contribution in [1.29, 1.82) is 0 Å². The number of hydrogen-bond acceptors (Lipinski definition) is 2. The van der Waals surface area contributed by atoms with Crippen LogP contribution in [0.3, 0.4) is 0 Å². The second kappa shape index (κ2) is 8.92. The molecule has 1 N–H and O–H groups in total. The molecule has 1 heterocycles. The van der Waals surface area contributed by atoms with Crippen LogP contribution in [0.1, 0.15) is 59.8 Å². The number of likely N-dealkylation sites (tertiary alicyclic amines) is 1. The normalized spacial score (nSPS) is 24.2. The summed E-state index contributed by atoms with van der Waals surface area (Å²) >= 11 is 0. The third-order valence-corrected chi connectivity index (χ3v) is 4.20. The van der Waals surface area contributed by atoms with Gasteiger partial charge in [0.1, 0.15) is 0 Å². The molecule has 2 unspecified atom stereocenters. The molecule has 0 amide bonds. The molecule has 2 heteroatoms. The van der Waals surface area contributed by atoms with E-state index >= 15 is 0 Å². The van der Waals surface area contributed by atoms with Gasteiger partial charge in [0.05, 0.1) is 0 Å². The minimum atomic E-state index is 0.773. The Balaban J connectivity index is 2.10. The Kier molecular flexibility index (Phi) is 7.92. The van der Waals surface area contributed by atoms with Gasteiger partial charge in [0.2, 0.25) is 0 Å². The molecule has 2 nitrogen and oxygen atoms in total. The molecule has 0 aromatic carbocycles. The average Bonchev–Trinajstić information content (AvgIpc) is 2.53. The molecule has 0 radical (unpaired) electrons. The summed E-state index contributed by atoms with van der Waals surface area (Å²) in [5.74, 6) is 1.71. The van der Waals surface area contributed by atoms with E-state index in [9.17, 15) is 0 Å². The molecule has 18 heavy (non-hydrogen) atoms. The monoisotopic (exact) mass is 254 g/mol. The van der Waals surface area contributed by atoms with Crippen LogP contribution in [0, 0.1) is 11.8 Å². The summed E-state index contributed by atoms with van der Waals surface area (Å²) in [6.45, 7) is 14.4. The van der Waals surface area contributed by atoms with E-state index in [1.807, 2.05) is 0 Å². The van der Waals surface area contributed by atoms with Gasteiger partial charge in [0.15, 0.2) is 0 Å². The maximum absolute atomic E-state index is 3.54. The fourth-order valence-corrected chi connectivity index (χ4v) is 2.82. The van der Waals surface area contributed by atoms with Gasteiger partial charge in [-0.2, -0.15) is 0 Å². The van der Waals surface area contributed by atoms with Crippen LogP contribution < -0.4 is 5.32 Å². The summed E-state index contributed by atoms with van der Waals surface area (Å²) in [4.78, 5) is 2.71. The molecule has 0 aliphatic carbocycles. The van der Waals surface area contributed by atoms with Gasteiger partial charge in [-0.25, -0.2) is 0 Å². The molecule has 1 aliphatic heterocycles. The Bertz CT molecular complexity index is 203. The molecule has 1 aliphatic rings. The minimum absolute atomic E-state index is 0.773. The summed E-state index contributed by atoms with van der Waals surface area (Å²) < 4.78 is 0. The highest BCUT2D eigenvalue weighted by atomic mass is 15.1. The van der Waals surface area contributed by atoms with Crippen LogP contribution in [-0.2, 0) is 0 Å². The number of hydrogen-bond donors (Lipinski definition) is 1. The van der Waals surface area contributed by atoms with Crippen LogP contribution in [0.5, 0.6) is 0 Å². The van der Waals surface area contributed by atoms with Gasteiger partial charge in [0, 0.05) is 6.04 Å². The third-order valence-electron chi connectivity index (χ3n) is 4.20. The van der Waals surface area contributed by atoms with Crippen molar-refractivity contribution in [1.82, 2.24) is 10.2 Å². The van der Waals surface area contributed by atoms with Gasteiger partial charge in [-0.05, 0) is 77.0 Å². The molecule has 1 saturated heterocycles. The van der Waals surface area contributed by atoms with Crippen LogP contribution in [0.15, 0.2) is 0 Å². The van der Waals surface area contributed by atoms with E-state index < -0.39 is 0 Å². The van der Waals surface area contributed by atoms with Crippen molar-refractivity contribution in [2.45, 2.75) is 65.8 Å². The van der Waals surface area contributed by atoms with Crippen LogP contribution in [0.25, 0.3) is 0 Å². The van der Waals surface area contributed by atoms with E-state index in [4.69, 9.17) is 0 Å². The summed E-state index contributed by atoms with van der Waals surface area (Å²) in [7, 11) is 0. The molecule has 0 saturated carbocycles. The quantitative estimate of drug-likeness (QED) is 0.699. The predicted octanol–water partition coefficient (Wildman–Crippen LogP) is 3.52. The van der Waals surface area contributed by atoms with Gasteiger partial charge < -0.3 is 10.2 Å². The lowest BCUT2D eigenvalue weighted by Gasteiger charge is -2.27. The zero-order chi connectivity index (χ0) is 13.4. The highest BCUT2D eigenvalue weighted by molar-refractivity contribution is 4.73. The lowest BCUT2D eigenvalue weighted by molar-refractivity contribution is 0.202. The van der Waals surface area contributed by atoms with Crippen LogP contribution in [0.4, 0.5) is 0 Å². The maximum atomic E-state index is 3.54. The fourth-order valence-electron chi connectivity index (χ4n) is 2.82. The van der Waals surface area contributed by atoms with Crippen molar-refractivity contribution >= 4 is 0 Å². The molecular formula is C16H34N2. The summed E-state index contributed by atoms with van der Waals surface area (Å²) in [6, 6.07) is 0.774. The second-order valence-electron chi connectivity index (χ2n) is 6.66. The molecular weight excluding hydrogens is 220 g/mol. The molecule has 2 atom stereocenters. The van der Waals surface area contributed by atoms with Crippen molar-refractivity contribution in [3.63, 3.8) is 0 Å². The van der Waals surface area contributed by atoms with Gasteiger partial charge >= 0.3 is 0 Å². The fraction of sp³-hybridized carbons (Fsp3) is 1.00. The average molecular weight is 254 g/mol. The van der Waals surface area contributed by atoms with E-state index in [0.717, 1.165) is 24.4 Å². The van der Waals surface area contributed by atoms with Gasteiger partial charge in [-0.15, -0.1) is 0 Å². The molecule has 1 rings (SSSR count). The summed E-state index contributed by atoms with van der Waals surface area (Å²) in [6.07, 6.45) is 6.89. The van der Waals surface area contributed by atoms with Crippen molar-refractivity contribution in [3.05, 3.63) is 0 Å². The van der Waals surface area contributed by atoms with Gasteiger partial charge in [0.25, 0.3) is 0 Å². The van der Waals surface area contributed by atoms with Crippen molar-refractivity contribution in [3.8, 4) is 0 Å². The van der Waals surface area contributed by atoms with Crippen molar-refractivity contribution in [2.75, 3.05) is 26.2 Å². The topological polar surface area (TPSA) is 15.3 Å². The predicted molar refractivity (Wildman–Crippen MR) is 81.0 cm³/mol. The largest absolute Gasteiger partial charge is 0.316 e. The number of nitrogens with zero attached hydrogens (tertiary/aromatic N) is 1. The van der Waals surface area contributed by atoms with E-state index in [2.05, 4.69) is 37.9 Å². The first kappa shape index (κ1) is 16.0. The second-order valence-corrected chi connectivity index (χ2v) is 6.66. The van der Waals surface area contributed by atoms with Crippen LogP contribution in [0.2, 0.25) is 0 Å². The molecule has 0 spiro atoms. The summed E-state index contributed by atoms with van der Waals surface area (Å²) in [5.41, 5.74) is 0. The van der Waals surface area contributed by atoms with E-state index in [0.29, 0.717) is 0 Å². The Morgan fingerprint density at radius 1 is 1.17 bits per heavy atom. The maximum Gasteiger partial charge on any atom is 0.00674 e. The Labute approximate surface area is 115 Å². The standard InChI is InChI=1S/C16H34N2/c1-14(2)13-17-10-5-8-16(4)18-11-6-7-15(3)9-12-18/h14-17H,5-13H2,1-4H3. The van der Waals surface area contributed by atoms with E-state index in [1.54, 1.807) is 0 Å². The SMILES string of the molecule is CC(C)CNCCCC(C)N1CCCC(C)CC1. The number of rotatable bonds is 7. The molecule has 1 fully saturated rings. The first-order valence-electron chi connectivity index (χ1n) is 8.04. The van der Waals surface area contributed by atoms with E-state index in [-0.39, 0.29) is 0 Å². The van der Waals surface area contributed by atoms with Gasteiger partial charge in [-0.3, -0.25) is 0 Å². The molecule has 0 aromatic rings. The Morgan fingerprint density at radius 2 is 1.94 bits per heavy atom. The van der Waals surface area contributed by atoms with Crippen LogP contribution >= 0.6 is 0 Å². The Hall–Kier alpha value is -0.0800. The molecule has 0 bridgehead atoms.